The molecule has 0 aliphatic carbocycles. The summed E-state index contributed by atoms with van der Waals surface area (Å²) in [5, 5.41) is 8.19. The molecule has 18 heavy (non-hydrogen) atoms. The Morgan fingerprint density at radius 2 is 2.06 bits per heavy atom. The Labute approximate surface area is 105 Å². The van der Waals surface area contributed by atoms with Crippen molar-refractivity contribution in [3.8, 4) is 11.4 Å². The molecule has 0 aliphatic rings. The number of hydrogen-bond acceptors (Lipinski definition) is 4. The molecule has 0 aliphatic heterocycles. The largest absolute Gasteiger partial charge is 0.429 e. The lowest BCUT2D eigenvalue weighted by atomic mass is 10.1. The molecule has 1 aromatic heterocycles. The lowest BCUT2D eigenvalue weighted by Gasteiger charge is -2.01. The van der Waals surface area contributed by atoms with E-state index in [0.29, 0.717) is 18.1 Å². The van der Waals surface area contributed by atoms with Gasteiger partial charge in [-0.3, -0.25) is 4.79 Å². The second-order valence-corrected chi connectivity index (χ2v) is 4.46. The molecule has 0 unspecified atom stereocenters. The predicted molar refractivity (Wildman–Crippen MR) is 66.6 cm³/mol. The second kappa shape index (κ2) is 5.44. The number of aromatic nitrogens is 3. The molecule has 0 spiro atoms. The number of ether oxygens (including phenoxy) is 1. The van der Waals surface area contributed by atoms with Gasteiger partial charge in [0.2, 0.25) is 0 Å². The van der Waals surface area contributed by atoms with Crippen LogP contribution in [0.25, 0.3) is 5.69 Å². The molecule has 94 valence electrons. The Hall–Kier alpha value is -2.17. The van der Waals surface area contributed by atoms with Crippen LogP contribution in [0, 0.1) is 5.92 Å². The molecule has 5 heteroatoms. The van der Waals surface area contributed by atoms with Crippen molar-refractivity contribution >= 4 is 6.47 Å². The highest BCUT2D eigenvalue weighted by Gasteiger charge is 2.05. The van der Waals surface area contributed by atoms with Gasteiger partial charge in [0.15, 0.2) is 0 Å². The van der Waals surface area contributed by atoms with E-state index >= 15 is 0 Å². The first kappa shape index (κ1) is 12.3. The lowest BCUT2D eigenvalue weighted by molar-refractivity contribution is -0.120. The van der Waals surface area contributed by atoms with Crippen LogP contribution in [-0.2, 0) is 11.2 Å². The first-order valence-corrected chi connectivity index (χ1v) is 5.81. The van der Waals surface area contributed by atoms with Gasteiger partial charge >= 0.3 is 0 Å². The quantitative estimate of drug-likeness (QED) is 0.756. The summed E-state index contributed by atoms with van der Waals surface area (Å²) >= 11 is 0. The second-order valence-electron chi connectivity index (χ2n) is 4.46. The minimum atomic E-state index is 0.408. The zero-order valence-electron chi connectivity index (χ0n) is 10.4. The maximum atomic E-state index is 10.2. The van der Waals surface area contributed by atoms with Crippen LogP contribution >= 0.6 is 0 Å². The van der Waals surface area contributed by atoms with E-state index < -0.39 is 0 Å². The Bertz CT molecular complexity index is 517. The summed E-state index contributed by atoms with van der Waals surface area (Å²) in [4.78, 5) is 10.2. The van der Waals surface area contributed by atoms with E-state index in [1.807, 2.05) is 18.3 Å². The van der Waals surface area contributed by atoms with Crippen LogP contribution in [0.2, 0.25) is 0 Å². The molecule has 0 radical (unpaired) electrons. The number of rotatable bonds is 5. The zero-order chi connectivity index (χ0) is 13.0. The minimum absolute atomic E-state index is 0.408. The fourth-order valence-electron chi connectivity index (χ4n) is 1.67. The highest BCUT2D eigenvalue weighted by Crippen LogP contribution is 2.14. The summed E-state index contributed by atoms with van der Waals surface area (Å²) in [6, 6.07) is 7.08. The predicted octanol–water partition coefficient (Wildman–Crippen LogP) is 2.00. The molecular weight excluding hydrogens is 230 g/mol. The van der Waals surface area contributed by atoms with Crippen LogP contribution in [-0.4, -0.2) is 21.5 Å². The third-order valence-corrected chi connectivity index (χ3v) is 2.44. The van der Waals surface area contributed by atoms with E-state index in [4.69, 9.17) is 4.74 Å². The highest BCUT2D eigenvalue weighted by molar-refractivity contribution is 5.46. The standard InChI is InChI=1S/C13H15N3O2/c1-10(2)7-11-8-16(15-14-11)12-3-5-13(6-4-12)18-9-17/h3-6,8-10H,7H2,1-2H3. The molecule has 0 saturated heterocycles. The van der Waals surface area contributed by atoms with E-state index in [0.717, 1.165) is 17.8 Å². The van der Waals surface area contributed by atoms with Crippen LogP contribution in [0.4, 0.5) is 0 Å². The lowest BCUT2D eigenvalue weighted by Crippen LogP contribution is -1.95. The monoisotopic (exact) mass is 245 g/mol. The third-order valence-electron chi connectivity index (χ3n) is 2.44. The average Bonchev–Trinajstić information content (AvgIpc) is 2.78. The van der Waals surface area contributed by atoms with Crippen molar-refractivity contribution in [1.82, 2.24) is 15.0 Å². The van der Waals surface area contributed by atoms with Gasteiger partial charge in [-0.15, -0.1) is 5.10 Å². The molecular formula is C13H15N3O2. The maximum absolute atomic E-state index is 10.2. The van der Waals surface area contributed by atoms with E-state index in [1.165, 1.54) is 0 Å². The van der Waals surface area contributed by atoms with Crippen molar-refractivity contribution in [2.75, 3.05) is 0 Å². The summed E-state index contributed by atoms with van der Waals surface area (Å²) in [7, 11) is 0. The average molecular weight is 245 g/mol. The van der Waals surface area contributed by atoms with Gasteiger partial charge in [-0.25, -0.2) is 4.68 Å². The third kappa shape index (κ3) is 2.94. The fourth-order valence-corrected chi connectivity index (χ4v) is 1.67. The van der Waals surface area contributed by atoms with Crippen molar-refractivity contribution in [2.45, 2.75) is 20.3 Å². The molecule has 1 heterocycles. The molecule has 2 aromatic rings. The molecule has 0 amide bonds. The summed E-state index contributed by atoms with van der Waals surface area (Å²) in [6.07, 6.45) is 2.82. The van der Waals surface area contributed by atoms with Crippen molar-refractivity contribution in [3.63, 3.8) is 0 Å². The number of carbonyl (C=O) groups excluding carboxylic acids is 1. The first-order chi connectivity index (χ1) is 8.69. The molecule has 0 bridgehead atoms. The molecule has 1 aromatic carbocycles. The molecule has 5 nitrogen and oxygen atoms in total. The molecule has 0 fully saturated rings. The summed E-state index contributed by atoms with van der Waals surface area (Å²) in [6.45, 7) is 4.69. The van der Waals surface area contributed by atoms with E-state index in [9.17, 15) is 4.79 Å². The van der Waals surface area contributed by atoms with Gasteiger partial charge < -0.3 is 4.74 Å². The number of benzene rings is 1. The van der Waals surface area contributed by atoms with Crippen LogP contribution in [0.5, 0.6) is 5.75 Å². The van der Waals surface area contributed by atoms with Crippen LogP contribution in [0.3, 0.4) is 0 Å². The molecule has 2 rings (SSSR count). The van der Waals surface area contributed by atoms with Gasteiger partial charge in [0.1, 0.15) is 5.75 Å². The van der Waals surface area contributed by atoms with Gasteiger partial charge in [0.05, 0.1) is 17.6 Å². The summed E-state index contributed by atoms with van der Waals surface area (Å²) < 4.78 is 6.44. The Morgan fingerprint density at radius 1 is 1.33 bits per heavy atom. The van der Waals surface area contributed by atoms with Gasteiger partial charge in [-0.05, 0) is 36.6 Å². The van der Waals surface area contributed by atoms with Crippen molar-refractivity contribution in [2.24, 2.45) is 5.92 Å². The number of carbonyl (C=O) groups is 1. The zero-order valence-corrected chi connectivity index (χ0v) is 10.4. The van der Waals surface area contributed by atoms with Crippen molar-refractivity contribution < 1.29 is 9.53 Å². The van der Waals surface area contributed by atoms with Gasteiger partial charge in [-0.2, -0.15) is 0 Å². The normalized spacial score (nSPS) is 10.6. The SMILES string of the molecule is CC(C)Cc1cn(-c2ccc(OC=O)cc2)nn1. The highest BCUT2D eigenvalue weighted by atomic mass is 16.5. The van der Waals surface area contributed by atoms with E-state index in [-0.39, 0.29) is 0 Å². The van der Waals surface area contributed by atoms with Gasteiger partial charge in [0, 0.05) is 0 Å². The number of hydrogen-bond donors (Lipinski definition) is 0. The van der Waals surface area contributed by atoms with Crippen molar-refractivity contribution in [3.05, 3.63) is 36.2 Å². The van der Waals surface area contributed by atoms with Crippen LogP contribution in [0.1, 0.15) is 19.5 Å². The maximum Gasteiger partial charge on any atom is 0.298 e. The molecule has 0 saturated carbocycles. The Kier molecular flexibility index (Phi) is 3.72. The van der Waals surface area contributed by atoms with E-state index in [1.54, 1.807) is 16.8 Å². The van der Waals surface area contributed by atoms with Gasteiger partial charge in [-0.1, -0.05) is 19.1 Å². The first-order valence-electron chi connectivity index (χ1n) is 5.81. The van der Waals surface area contributed by atoms with Gasteiger partial charge in [0.25, 0.3) is 6.47 Å². The van der Waals surface area contributed by atoms with Crippen LogP contribution < -0.4 is 4.74 Å². The van der Waals surface area contributed by atoms with Crippen LogP contribution in [0.15, 0.2) is 30.5 Å². The summed E-state index contributed by atoms with van der Waals surface area (Å²) in [5.74, 6) is 1.06. The summed E-state index contributed by atoms with van der Waals surface area (Å²) in [5.41, 5.74) is 1.86. The Balaban J connectivity index is 2.15. The Morgan fingerprint density at radius 3 is 2.67 bits per heavy atom. The van der Waals surface area contributed by atoms with E-state index in [2.05, 4.69) is 24.2 Å². The number of nitrogens with zero attached hydrogens (tertiary/aromatic N) is 3. The molecule has 0 N–H and O–H groups in total. The smallest absolute Gasteiger partial charge is 0.298 e. The topological polar surface area (TPSA) is 57.0 Å². The van der Waals surface area contributed by atoms with Crippen molar-refractivity contribution in [1.29, 1.82) is 0 Å². The fraction of sp³-hybridized carbons (Fsp3) is 0.308. The molecule has 0 atom stereocenters. The minimum Gasteiger partial charge on any atom is -0.429 e.